The SMILES string of the molecule is O=C(CN1CCNCC1c1cccc(Cl)c1)NCC(F)(F)F. The lowest BCUT2D eigenvalue weighted by Gasteiger charge is -2.36. The average molecular weight is 336 g/mol. The van der Waals surface area contributed by atoms with E-state index in [9.17, 15) is 18.0 Å². The summed E-state index contributed by atoms with van der Waals surface area (Å²) in [4.78, 5) is 13.6. The molecule has 1 aliphatic rings. The van der Waals surface area contributed by atoms with E-state index in [2.05, 4.69) is 5.32 Å². The minimum Gasteiger partial charge on any atom is -0.346 e. The van der Waals surface area contributed by atoms with Gasteiger partial charge in [0.25, 0.3) is 0 Å². The van der Waals surface area contributed by atoms with Crippen molar-refractivity contribution in [1.29, 1.82) is 0 Å². The maximum absolute atomic E-state index is 12.1. The van der Waals surface area contributed by atoms with Crippen LogP contribution >= 0.6 is 11.6 Å². The van der Waals surface area contributed by atoms with Gasteiger partial charge < -0.3 is 10.6 Å². The van der Waals surface area contributed by atoms with Crippen LogP contribution in [0.4, 0.5) is 13.2 Å². The number of carbonyl (C=O) groups excluding carboxylic acids is 1. The Bertz CT molecular complexity index is 524. The topological polar surface area (TPSA) is 44.4 Å². The zero-order valence-corrected chi connectivity index (χ0v) is 12.5. The molecule has 2 N–H and O–H groups in total. The number of nitrogens with zero attached hydrogens (tertiary/aromatic N) is 1. The molecule has 1 saturated heterocycles. The Hall–Kier alpha value is -1.31. The van der Waals surface area contributed by atoms with E-state index in [1.807, 2.05) is 22.3 Å². The molecule has 1 aromatic carbocycles. The van der Waals surface area contributed by atoms with E-state index in [1.54, 1.807) is 12.1 Å². The second-order valence-electron chi connectivity index (χ2n) is 5.14. The number of piperazine rings is 1. The number of rotatable bonds is 4. The van der Waals surface area contributed by atoms with Gasteiger partial charge in [0.2, 0.25) is 5.91 Å². The lowest BCUT2D eigenvalue weighted by atomic mass is 10.0. The highest BCUT2D eigenvalue weighted by Crippen LogP contribution is 2.24. The molecule has 1 aromatic rings. The Morgan fingerprint density at radius 2 is 2.23 bits per heavy atom. The Labute approximate surface area is 131 Å². The van der Waals surface area contributed by atoms with Gasteiger partial charge in [0.1, 0.15) is 6.54 Å². The fourth-order valence-electron chi connectivity index (χ4n) is 2.42. The van der Waals surface area contributed by atoms with E-state index in [4.69, 9.17) is 11.6 Å². The second-order valence-corrected chi connectivity index (χ2v) is 5.57. The number of carbonyl (C=O) groups is 1. The minimum atomic E-state index is -4.40. The third-order valence-electron chi connectivity index (χ3n) is 3.42. The molecule has 0 bridgehead atoms. The van der Waals surface area contributed by atoms with Crippen molar-refractivity contribution in [2.45, 2.75) is 12.2 Å². The van der Waals surface area contributed by atoms with Crippen molar-refractivity contribution in [1.82, 2.24) is 15.5 Å². The monoisotopic (exact) mass is 335 g/mol. The summed E-state index contributed by atoms with van der Waals surface area (Å²) in [6.45, 7) is 0.502. The number of alkyl halides is 3. The summed E-state index contributed by atoms with van der Waals surface area (Å²) in [7, 11) is 0. The molecular weight excluding hydrogens is 319 g/mol. The van der Waals surface area contributed by atoms with Crippen molar-refractivity contribution in [3.8, 4) is 0 Å². The first-order valence-electron chi connectivity index (χ1n) is 6.89. The van der Waals surface area contributed by atoms with Crippen LogP contribution in [0.1, 0.15) is 11.6 Å². The second kappa shape index (κ2) is 7.30. The molecule has 1 atom stereocenters. The lowest BCUT2D eigenvalue weighted by molar-refractivity contribution is -0.139. The summed E-state index contributed by atoms with van der Waals surface area (Å²) in [5, 5.41) is 5.70. The molecule has 1 unspecified atom stereocenters. The molecule has 0 radical (unpaired) electrons. The predicted octanol–water partition coefficient (Wildman–Crippen LogP) is 1.96. The van der Waals surface area contributed by atoms with Crippen LogP contribution in [0.25, 0.3) is 0 Å². The van der Waals surface area contributed by atoms with E-state index in [0.29, 0.717) is 24.7 Å². The first kappa shape index (κ1) is 17.1. The van der Waals surface area contributed by atoms with Gasteiger partial charge in [0.05, 0.1) is 6.54 Å². The van der Waals surface area contributed by atoms with Gasteiger partial charge in [-0.2, -0.15) is 13.2 Å². The first-order valence-corrected chi connectivity index (χ1v) is 7.26. The Balaban J connectivity index is 1.99. The smallest absolute Gasteiger partial charge is 0.346 e. The maximum atomic E-state index is 12.1. The van der Waals surface area contributed by atoms with Crippen LogP contribution in [0.2, 0.25) is 5.02 Å². The largest absolute Gasteiger partial charge is 0.405 e. The number of halogens is 4. The quantitative estimate of drug-likeness (QED) is 0.884. The molecule has 1 aliphatic heterocycles. The Morgan fingerprint density at radius 1 is 1.45 bits per heavy atom. The molecular formula is C14H17ClF3N3O. The van der Waals surface area contributed by atoms with Crippen LogP contribution in [0.3, 0.4) is 0 Å². The Morgan fingerprint density at radius 3 is 2.91 bits per heavy atom. The molecule has 1 heterocycles. The van der Waals surface area contributed by atoms with E-state index in [-0.39, 0.29) is 12.6 Å². The van der Waals surface area contributed by atoms with Crippen LogP contribution in [-0.2, 0) is 4.79 Å². The minimum absolute atomic E-state index is 0.0745. The van der Waals surface area contributed by atoms with Crippen molar-refractivity contribution in [3.05, 3.63) is 34.9 Å². The molecule has 2 rings (SSSR count). The van der Waals surface area contributed by atoms with E-state index < -0.39 is 18.6 Å². The van der Waals surface area contributed by atoms with E-state index in [0.717, 1.165) is 5.56 Å². The van der Waals surface area contributed by atoms with E-state index >= 15 is 0 Å². The first-order chi connectivity index (χ1) is 10.3. The molecule has 0 saturated carbocycles. The highest BCUT2D eigenvalue weighted by atomic mass is 35.5. The summed E-state index contributed by atoms with van der Waals surface area (Å²) in [5.74, 6) is -0.633. The van der Waals surface area contributed by atoms with Crippen LogP contribution in [0.5, 0.6) is 0 Å². The number of hydrogen-bond acceptors (Lipinski definition) is 3. The fourth-order valence-corrected chi connectivity index (χ4v) is 2.62. The number of benzene rings is 1. The van der Waals surface area contributed by atoms with Crippen LogP contribution in [-0.4, -0.2) is 49.7 Å². The van der Waals surface area contributed by atoms with E-state index in [1.165, 1.54) is 0 Å². The van der Waals surface area contributed by atoms with Gasteiger partial charge in [-0.1, -0.05) is 23.7 Å². The molecule has 0 aliphatic carbocycles. The van der Waals surface area contributed by atoms with Crippen molar-refractivity contribution in [2.75, 3.05) is 32.7 Å². The molecule has 4 nitrogen and oxygen atoms in total. The normalized spacial score (nSPS) is 19.9. The highest BCUT2D eigenvalue weighted by molar-refractivity contribution is 6.30. The Kier molecular flexibility index (Phi) is 5.66. The predicted molar refractivity (Wildman–Crippen MR) is 77.7 cm³/mol. The van der Waals surface area contributed by atoms with Crippen LogP contribution < -0.4 is 10.6 Å². The van der Waals surface area contributed by atoms with Gasteiger partial charge in [-0.3, -0.25) is 9.69 Å². The zero-order valence-electron chi connectivity index (χ0n) is 11.8. The fraction of sp³-hybridized carbons (Fsp3) is 0.500. The van der Waals surface area contributed by atoms with Gasteiger partial charge in [-0.05, 0) is 17.7 Å². The number of amides is 1. The number of hydrogen-bond donors (Lipinski definition) is 2. The van der Waals surface area contributed by atoms with Gasteiger partial charge in [0, 0.05) is 30.7 Å². The van der Waals surface area contributed by atoms with Gasteiger partial charge in [-0.25, -0.2) is 0 Å². The summed E-state index contributed by atoms with van der Waals surface area (Å²) in [6.07, 6.45) is -4.40. The third kappa shape index (κ3) is 5.15. The average Bonchev–Trinajstić information content (AvgIpc) is 2.45. The summed E-state index contributed by atoms with van der Waals surface area (Å²) in [6, 6.07) is 7.17. The summed E-state index contributed by atoms with van der Waals surface area (Å²) < 4.78 is 36.4. The molecule has 0 aromatic heterocycles. The molecule has 22 heavy (non-hydrogen) atoms. The van der Waals surface area contributed by atoms with Gasteiger partial charge >= 0.3 is 6.18 Å². The van der Waals surface area contributed by atoms with Gasteiger partial charge in [0.15, 0.2) is 0 Å². The molecule has 1 fully saturated rings. The zero-order chi connectivity index (χ0) is 16.2. The van der Waals surface area contributed by atoms with Crippen molar-refractivity contribution < 1.29 is 18.0 Å². The standard InChI is InChI=1S/C14H17ClF3N3O/c15-11-3-1-2-10(6-11)12-7-19-4-5-21(12)8-13(22)20-9-14(16,17)18/h1-3,6,12,19H,4-5,7-9H2,(H,20,22). The lowest BCUT2D eigenvalue weighted by Crippen LogP contribution is -2.50. The number of nitrogens with one attached hydrogen (secondary N) is 2. The van der Waals surface area contributed by atoms with Gasteiger partial charge in [-0.15, -0.1) is 0 Å². The summed E-state index contributed by atoms with van der Waals surface area (Å²) >= 11 is 5.97. The van der Waals surface area contributed by atoms with Crippen molar-refractivity contribution in [2.24, 2.45) is 0 Å². The molecule has 0 spiro atoms. The molecule has 1 amide bonds. The van der Waals surface area contributed by atoms with Crippen molar-refractivity contribution >= 4 is 17.5 Å². The highest BCUT2D eigenvalue weighted by Gasteiger charge is 2.29. The van der Waals surface area contributed by atoms with Crippen molar-refractivity contribution in [3.63, 3.8) is 0 Å². The molecule has 122 valence electrons. The third-order valence-corrected chi connectivity index (χ3v) is 3.66. The van der Waals surface area contributed by atoms with Crippen LogP contribution in [0.15, 0.2) is 24.3 Å². The summed E-state index contributed by atoms with van der Waals surface area (Å²) in [5.41, 5.74) is 0.934. The maximum Gasteiger partial charge on any atom is 0.405 e. The van der Waals surface area contributed by atoms with Crippen LogP contribution in [0, 0.1) is 0 Å². The molecule has 8 heteroatoms.